The molecule has 2 aromatic carbocycles. The van der Waals surface area contributed by atoms with Crippen LogP contribution in [0.15, 0.2) is 47.3 Å². The van der Waals surface area contributed by atoms with Gasteiger partial charge in [-0.15, -0.1) is 0 Å². The fourth-order valence-electron chi connectivity index (χ4n) is 2.53. The number of hydrogen-bond acceptors (Lipinski definition) is 3. The number of benzene rings is 2. The van der Waals surface area contributed by atoms with Gasteiger partial charge in [-0.05, 0) is 37.3 Å². The zero-order valence-electron chi connectivity index (χ0n) is 13.4. The number of halogens is 2. The lowest BCUT2D eigenvalue weighted by atomic mass is 10.2. The SMILES string of the molecule is CCN(Cc1nc2ccccc2c(=O)[nH]1)C(=O)c1ccc(Cl)c(Cl)c1. The van der Waals surface area contributed by atoms with E-state index in [9.17, 15) is 9.59 Å². The Morgan fingerprint density at radius 2 is 1.92 bits per heavy atom. The number of para-hydroxylation sites is 1. The number of aromatic nitrogens is 2. The lowest BCUT2D eigenvalue weighted by molar-refractivity contribution is 0.0748. The molecule has 1 N–H and O–H groups in total. The van der Waals surface area contributed by atoms with Crippen LogP contribution in [0.1, 0.15) is 23.1 Å². The van der Waals surface area contributed by atoms with Crippen molar-refractivity contribution in [2.45, 2.75) is 13.5 Å². The molecule has 0 fully saturated rings. The molecule has 5 nitrogen and oxygen atoms in total. The second-order valence-electron chi connectivity index (χ2n) is 5.48. The molecule has 0 aliphatic heterocycles. The normalized spacial score (nSPS) is 10.8. The van der Waals surface area contributed by atoms with Crippen LogP contribution in [0.5, 0.6) is 0 Å². The van der Waals surface area contributed by atoms with Gasteiger partial charge in [0.2, 0.25) is 0 Å². The molecular formula is C18H15Cl2N3O2. The number of aromatic amines is 1. The Balaban J connectivity index is 1.90. The van der Waals surface area contributed by atoms with E-state index >= 15 is 0 Å². The third kappa shape index (κ3) is 3.67. The Bertz CT molecular complexity index is 1000. The maximum Gasteiger partial charge on any atom is 0.258 e. The molecule has 0 bridgehead atoms. The van der Waals surface area contributed by atoms with Gasteiger partial charge in [0.15, 0.2) is 0 Å². The molecule has 128 valence electrons. The van der Waals surface area contributed by atoms with Gasteiger partial charge in [-0.3, -0.25) is 9.59 Å². The van der Waals surface area contributed by atoms with Crippen molar-refractivity contribution in [1.82, 2.24) is 14.9 Å². The molecule has 0 spiro atoms. The zero-order chi connectivity index (χ0) is 18.0. The largest absolute Gasteiger partial charge is 0.331 e. The van der Waals surface area contributed by atoms with Crippen LogP contribution in [0.3, 0.4) is 0 Å². The van der Waals surface area contributed by atoms with Crippen molar-refractivity contribution in [3.8, 4) is 0 Å². The highest BCUT2D eigenvalue weighted by atomic mass is 35.5. The standard InChI is InChI=1S/C18H15Cl2N3O2/c1-2-23(18(25)11-7-8-13(19)14(20)9-11)10-16-21-15-6-4-3-5-12(15)17(24)22-16/h3-9H,2,10H2,1H3,(H,21,22,24). The van der Waals surface area contributed by atoms with Crippen LogP contribution in [0.2, 0.25) is 10.0 Å². The quantitative estimate of drug-likeness (QED) is 0.751. The Kier molecular flexibility index (Phi) is 5.06. The van der Waals surface area contributed by atoms with E-state index in [2.05, 4.69) is 9.97 Å². The van der Waals surface area contributed by atoms with Gasteiger partial charge in [0.05, 0.1) is 27.5 Å². The molecule has 0 atom stereocenters. The molecule has 0 radical (unpaired) electrons. The van der Waals surface area contributed by atoms with Crippen LogP contribution in [0.4, 0.5) is 0 Å². The van der Waals surface area contributed by atoms with Gasteiger partial charge in [0, 0.05) is 12.1 Å². The second-order valence-corrected chi connectivity index (χ2v) is 6.29. The van der Waals surface area contributed by atoms with Gasteiger partial charge in [-0.1, -0.05) is 35.3 Å². The lowest BCUT2D eigenvalue weighted by Crippen LogP contribution is -2.32. The van der Waals surface area contributed by atoms with E-state index in [-0.39, 0.29) is 18.0 Å². The maximum absolute atomic E-state index is 12.7. The van der Waals surface area contributed by atoms with Crippen LogP contribution in [0, 0.1) is 0 Å². The summed E-state index contributed by atoms with van der Waals surface area (Å²) in [5.74, 6) is 0.218. The highest BCUT2D eigenvalue weighted by Crippen LogP contribution is 2.23. The van der Waals surface area contributed by atoms with Gasteiger partial charge in [0.1, 0.15) is 5.82 Å². The molecule has 25 heavy (non-hydrogen) atoms. The zero-order valence-corrected chi connectivity index (χ0v) is 14.9. The number of rotatable bonds is 4. The predicted molar refractivity (Wildman–Crippen MR) is 99.2 cm³/mol. The second kappa shape index (κ2) is 7.25. The average molecular weight is 376 g/mol. The number of carbonyl (C=O) groups is 1. The summed E-state index contributed by atoms with van der Waals surface area (Å²) in [6.07, 6.45) is 0. The molecule has 1 heterocycles. The molecule has 1 amide bonds. The average Bonchev–Trinajstić information content (AvgIpc) is 2.61. The van der Waals surface area contributed by atoms with Crippen LogP contribution in [-0.4, -0.2) is 27.3 Å². The molecule has 1 aromatic heterocycles. The summed E-state index contributed by atoms with van der Waals surface area (Å²) >= 11 is 11.9. The molecule has 0 aliphatic carbocycles. The van der Waals surface area contributed by atoms with Crippen LogP contribution < -0.4 is 5.56 Å². The van der Waals surface area contributed by atoms with Crippen LogP contribution in [-0.2, 0) is 6.54 Å². The Hall–Kier alpha value is -2.37. The number of carbonyl (C=O) groups excluding carboxylic acids is 1. The fourth-order valence-corrected chi connectivity index (χ4v) is 2.83. The summed E-state index contributed by atoms with van der Waals surface area (Å²) in [6.45, 7) is 2.50. The molecular weight excluding hydrogens is 361 g/mol. The van der Waals surface area contributed by atoms with Gasteiger partial charge < -0.3 is 9.88 Å². The van der Waals surface area contributed by atoms with Crippen molar-refractivity contribution in [2.75, 3.05) is 6.54 Å². The summed E-state index contributed by atoms with van der Waals surface area (Å²) < 4.78 is 0. The first kappa shape index (κ1) is 17.5. The monoisotopic (exact) mass is 375 g/mol. The van der Waals surface area contributed by atoms with Gasteiger partial charge in [-0.2, -0.15) is 0 Å². The first-order valence-corrected chi connectivity index (χ1v) is 8.47. The summed E-state index contributed by atoms with van der Waals surface area (Å²) in [5.41, 5.74) is 0.803. The van der Waals surface area contributed by atoms with E-state index in [4.69, 9.17) is 23.2 Å². The molecule has 7 heteroatoms. The van der Waals surface area contributed by atoms with Crippen molar-refractivity contribution in [2.24, 2.45) is 0 Å². The number of nitrogens with one attached hydrogen (secondary N) is 1. The Morgan fingerprint density at radius 3 is 2.64 bits per heavy atom. The van der Waals surface area contributed by atoms with E-state index in [1.54, 1.807) is 35.2 Å². The van der Waals surface area contributed by atoms with E-state index in [0.29, 0.717) is 38.9 Å². The third-order valence-corrected chi connectivity index (χ3v) is 4.58. The topological polar surface area (TPSA) is 66.1 Å². The van der Waals surface area contributed by atoms with E-state index in [0.717, 1.165) is 0 Å². The Morgan fingerprint density at radius 1 is 1.16 bits per heavy atom. The molecule has 3 aromatic rings. The highest BCUT2D eigenvalue weighted by Gasteiger charge is 2.17. The number of hydrogen-bond donors (Lipinski definition) is 1. The molecule has 0 saturated carbocycles. The summed E-state index contributed by atoms with van der Waals surface area (Å²) in [6, 6.07) is 11.8. The number of fused-ring (bicyclic) bond motifs is 1. The summed E-state index contributed by atoms with van der Waals surface area (Å²) in [5, 5.41) is 1.23. The molecule has 0 aliphatic rings. The summed E-state index contributed by atoms with van der Waals surface area (Å²) in [4.78, 5) is 33.6. The first-order chi connectivity index (χ1) is 12.0. The predicted octanol–water partition coefficient (Wildman–Crippen LogP) is 3.89. The number of nitrogens with zero attached hydrogens (tertiary/aromatic N) is 2. The minimum Gasteiger partial charge on any atom is -0.331 e. The van der Waals surface area contributed by atoms with Crippen molar-refractivity contribution >= 4 is 40.0 Å². The van der Waals surface area contributed by atoms with Gasteiger partial charge >= 0.3 is 0 Å². The van der Waals surface area contributed by atoms with E-state index in [1.807, 2.05) is 13.0 Å². The van der Waals surface area contributed by atoms with E-state index < -0.39 is 0 Å². The van der Waals surface area contributed by atoms with Crippen LogP contribution >= 0.6 is 23.2 Å². The van der Waals surface area contributed by atoms with Crippen LogP contribution in [0.25, 0.3) is 10.9 Å². The first-order valence-electron chi connectivity index (χ1n) is 7.72. The lowest BCUT2D eigenvalue weighted by Gasteiger charge is -2.20. The van der Waals surface area contributed by atoms with E-state index in [1.165, 1.54) is 6.07 Å². The van der Waals surface area contributed by atoms with Gasteiger partial charge in [-0.25, -0.2) is 4.98 Å². The smallest absolute Gasteiger partial charge is 0.258 e. The van der Waals surface area contributed by atoms with Crippen molar-refractivity contribution in [3.63, 3.8) is 0 Å². The summed E-state index contributed by atoms with van der Waals surface area (Å²) in [7, 11) is 0. The number of amides is 1. The fraction of sp³-hybridized carbons (Fsp3) is 0.167. The minimum absolute atomic E-state index is 0.190. The minimum atomic E-state index is -0.223. The van der Waals surface area contributed by atoms with Crippen molar-refractivity contribution in [1.29, 1.82) is 0 Å². The molecule has 0 unspecified atom stereocenters. The Labute approximate surface area is 154 Å². The molecule has 0 saturated heterocycles. The number of H-pyrrole nitrogens is 1. The van der Waals surface area contributed by atoms with Gasteiger partial charge in [0.25, 0.3) is 11.5 Å². The maximum atomic E-state index is 12.7. The molecule has 3 rings (SSSR count). The highest BCUT2D eigenvalue weighted by molar-refractivity contribution is 6.42. The third-order valence-electron chi connectivity index (χ3n) is 3.84. The van der Waals surface area contributed by atoms with Crippen molar-refractivity contribution in [3.05, 3.63) is 74.3 Å². The van der Waals surface area contributed by atoms with Crippen molar-refractivity contribution < 1.29 is 4.79 Å².